The Bertz CT molecular complexity index is 226. The molecular weight excluding hydrogens is 194 g/mol. The van der Waals surface area contributed by atoms with Gasteiger partial charge < -0.3 is 10.0 Å². The first-order chi connectivity index (χ1) is 6.91. The molecule has 0 aliphatic heterocycles. The molecule has 15 heavy (non-hydrogen) atoms. The van der Waals surface area contributed by atoms with Crippen molar-refractivity contribution in [1.29, 1.82) is 0 Å². The zero-order valence-electron chi connectivity index (χ0n) is 9.56. The SMILES string of the molecule is [CH]N(C(=O)CCCC)C(C(=O)O)C(C)C. The van der Waals surface area contributed by atoms with Gasteiger partial charge in [0.2, 0.25) is 5.91 Å². The van der Waals surface area contributed by atoms with E-state index < -0.39 is 12.0 Å². The Morgan fingerprint density at radius 2 is 1.93 bits per heavy atom. The van der Waals surface area contributed by atoms with Crippen LogP contribution < -0.4 is 0 Å². The summed E-state index contributed by atoms with van der Waals surface area (Å²) < 4.78 is 0. The standard InChI is InChI=1S/C11H19NO3/c1-5-6-7-9(13)12(4)10(8(2)3)11(14)15/h4,8,10H,5-7H2,1-3H3,(H,14,15). The van der Waals surface area contributed by atoms with Crippen LogP contribution in [0.15, 0.2) is 0 Å². The predicted octanol–water partition coefficient (Wildman–Crippen LogP) is 1.78. The van der Waals surface area contributed by atoms with Gasteiger partial charge in [0.15, 0.2) is 0 Å². The minimum atomic E-state index is -1.06. The van der Waals surface area contributed by atoms with Crippen molar-refractivity contribution in [3.63, 3.8) is 0 Å². The fourth-order valence-corrected chi connectivity index (χ4v) is 1.34. The van der Waals surface area contributed by atoms with E-state index in [2.05, 4.69) is 0 Å². The van der Waals surface area contributed by atoms with Crippen LogP contribution in [-0.2, 0) is 9.59 Å². The van der Waals surface area contributed by atoms with Gasteiger partial charge in [-0.05, 0) is 12.3 Å². The van der Waals surface area contributed by atoms with Gasteiger partial charge in [-0.1, -0.05) is 27.2 Å². The van der Waals surface area contributed by atoms with Gasteiger partial charge in [0.05, 0.1) is 7.05 Å². The summed E-state index contributed by atoms with van der Waals surface area (Å²) in [5, 5.41) is 8.91. The molecule has 2 radical (unpaired) electrons. The first-order valence-corrected chi connectivity index (χ1v) is 5.21. The van der Waals surface area contributed by atoms with Gasteiger partial charge in [0.1, 0.15) is 6.04 Å². The molecule has 0 saturated carbocycles. The molecule has 1 amide bonds. The van der Waals surface area contributed by atoms with Gasteiger partial charge in [-0.25, -0.2) is 4.79 Å². The van der Waals surface area contributed by atoms with E-state index in [0.717, 1.165) is 17.7 Å². The number of carboxylic acid groups (broad SMARTS) is 1. The molecule has 1 atom stereocenters. The van der Waals surface area contributed by atoms with Crippen LogP contribution in [0.2, 0.25) is 0 Å². The second-order valence-electron chi connectivity index (χ2n) is 3.93. The Kier molecular flexibility index (Phi) is 5.97. The fraction of sp³-hybridized carbons (Fsp3) is 0.727. The molecule has 4 nitrogen and oxygen atoms in total. The molecule has 1 unspecified atom stereocenters. The molecule has 0 heterocycles. The van der Waals surface area contributed by atoms with Crippen molar-refractivity contribution in [3.8, 4) is 0 Å². The average Bonchev–Trinajstić information content (AvgIpc) is 2.12. The maximum atomic E-state index is 11.5. The molecule has 0 saturated heterocycles. The van der Waals surface area contributed by atoms with Crippen LogP contribution in [-0.4, -0.2) is 27.9 Å². The second-order valence-corrected chi connectivity index (χ2v) is 3.93. The van der Waals surface area contributed by atoms with Crippen LogP contribution in [0, 0.1) is 13.0 Å². The van der Waals surface area contributed by atoms with Crippen molar-refractivity contribution in [2.75, 3.05) is 0 Å². The third kappa shape index (κ3) is 4.32. The van der Waals surface area contributed by atoms with E-state index in [-0.39, 0.29) is 11.8 Å². The van der Waals surface area contributed by atoms with Gasteiger partial charge in [0.25, 0.3) is 0 Å². The zero-order chi connectivity index (χ0) is 12.0. The minimum absolute atomic E-state index is 0.196. The van der Waals surface area contributed by atoms with E-state index in [1.807, 2.05) is 6.92 Å². The highest BCUT2D eigenvalue weighted by molar-refractivity contribution is 5.84. The van der Waals surface area contributed by atoms with E-state index in [4.69, 9.17) is 12.2 Å². The molecule has 0 bridgehead atoms. The molecule has 0 aromatic rings. The Morgan fingerprint density at radius 3 is 2.27 bits per heavy atom. The summed E-state index contributed by atoms with van der Waals surface area (Å²) in [4.78, 5) is 23.2. The number of hydrogen-bond donors (Lipinski definition) is 1. The van der Waals surface area contributed by atoms with Crippen LogP contribution in [0.4, 0.5) is 0 Å². The molecule has 86 valence electrons. The van der Waals surface area contributed by atoms with Crippen molar-refractivity contribution < 1.29 is 14.7 Å². The van der Waals surface area contributed by atoms with Crippen LogP contribution in [0.3, 0.4) is 0 Å². The Labute approximate surface area is 91.3 Å². The highest BCUT2D eigenvalue weighted by Gasteiger charge is 2.29. The maximum Gasteiger partial charge on any atom is 0.326 e. The Hall–Kier alpha value is -1.06. The molecule has 0 aliphatic rings. The summed E-state index contributed by atoms with van der Waals surface area (Å²) in [5.74, 6) is -1.56. The number of unbranched alkanes of at least 4 members (excludes halogenated alkanes) is 1. The molecule has 0 aliphatic carbocycles. The number of rotatable bonds is 6. The summed E-state index contributed by atoms with van der Waals surface area (Å²) in [6.07, 6.45) is 1.93. The van der Waals surface area contributed by atoms with Gasteiger partial charge in [-0.3, -0.25) is 4.79 Å². The summed E-state index contributed by atoms with van der Waals surface area (Å²) in [7, 11) is 5.51. The van der Waals surface area contributed by atoms with E-state index in [0.29, 0.717) is 6.42 Å². The molecule has 1 N–H and O–H groups in total. The molecular formula is C11H19NO3. The lowest BCUT2D eigenvalue weighted by Gasteiger charge is -2.27. The van der Waals surface area contributed by atoms with Crippen molar-refractivity contribution in [2.24, 2.45) is 5.92 Å². The second kappa shape index (κ2) is 6.43. The smallest absolute Gasteiger partial charge is 0.326 e. The first-order valence-electron chi connectivity index (χ1n) is 5.21. The van der Waals surface area contributed by atoms with Crippen molar-refractivity contribution in [3.05, 3.63) is 7.05 Å². The Balaban J connectivity index is 4.43. The summed E-state index contributed by atoms with van der Waals surface area (Å²) in [5.41, 5.74) is 0. The van der Waals surface area contributed by atoms with Crippen molar-refractivity contribution in [1.82, 2.24) is 4.90 Å². The fourth-order valence-electron chi connectivity index (χ4n) is 1.34. The largest absolute Gasteiger partial charge is 0.480 e. The Morgan fingerprint density at radius 1 is 1.40 bits per heavy atom. The third-order valence-corrected chi connectivity index (χ3v) is 2.22. The highest BCUT2D eigenvalue weighted by atomic mass is 16.4. The maximum absolute atomic E-state index is 11.5. The van der Waals surface area contributed by atoms with Crippen LogP contribution in [0.1, 0.15) is 40.0 Å². The number of amides is 1. The summed E-state index contributed by atoms with van der Waals surface area (Å²) in [6.45, 7) is 5.42. The number of carbonyl (C=O) groups is 2. The monoisotopic (exact) mass is 213 g/mol. The molecule has 0 rings (SSSR count). The molecule has 0 spiro atoms. The number of aliphatic carboxylic acids is 1. The molecule has 0 fully saturated rings. The van der Waals surface area contributed by atoms with Crippen molar-refractivity contribution >= 4 is 11.9 Å². The number of nitrogens with zero attached hydrogens (tertiary/aromatic N) is 1. The summed E-state index contributed by atoms with van der Waals surface area (Å²) >= 11 is 0. The minimum Gasteiger partial charge on any atom is -0.480 e. The van der Waals surface area contributed by atoms with E-state index in [1.165, 1.54) is 0 Å². The first kappa shape index (κ1) is 13.9. The summed E-state index contributed by atoms with van der Waals surface area (Å²) in [6, 6.07) is -0.936. The third-order valence-electron chi connectivity index (χ3n) is 2.22. The van der Waals surface area contributed by atoms with Gasteiger partial charge in [0, 0.05) is 6.42 Å². The van der Waals surface area contributed by atoms with Gasteiger partial charge >= 0.3 is 5.97 Å². The lowest BCUT2D eigenvalue weighted by molar-refractivity contribution is -0.149. The average molecular weight is 213 g/mol. The predicted molar refractivity (Wildman–Crippen MR) is 56.9 cm³/mol. The molecule has 0 aromatic heterocycles. The quantitative estimate of drug-likeness (QED) is 0.684. The van der Waals surface area contributed by atoms with Gasteiger partial charge in [-0.2, -0.15) is 0 Å². The topological polar surface area (TPSA) is 57.6 Å². The molecule has 4 heteroatoms. The van der Waals surface area contributed by atoms with E-state index in [9.17, 15) is 9.59 Å². The zero-order valence-corrected chi connectivity index (χ0v) is 9.56. The van der Waals surface area contributed by atoms with Gasteiger partial charge in [-0.15, -0.1) is 0 Å². The van der Waals surface area contributed by atoms with E-state index >= 15 is 0 Å². The lowest BCUT2D eigenvalue weighted by Crippen LogP contribution is -2.44. The lowest BCUT2D eigenvalue weighted by atomic mass is 10.0. The number of carboxylic acids is 1. The molecule has 0 aromatic carbocycles. The van der Waals surface area contributed by atoms with Crippen molar-refractivity contribution in [2.45, 2.75) is 46.1 Å². The normalized spacial score (nSPS) is 12.6. The van der Waals surface area contributed by atoms with Crippen LogP contribution in [0.25, 0.3) is 0 Å². The number of hydrogen-bond acceptors (Lipinski definition) is 2. The van der Waals surface area contributed by atoms with Crippen LogP contribution in [0.5, 0.6) is 0 Å². The number of carbonyl (C=O) groups excluding carboxylic acids is 1. The van der Waals surface area contributed by atoms with Crippen LogP contribution >= 0.6 is 0 Å². The van der Waals surface area contributed by atoms with E-state index in [1.54, 1.807) is 13.8 Å². The highest BCUT2D eigenvalue weighted by Crippen LogP contribution is 2.12.